The van der Waals surface area contributed by atoms with Crippen LogP contribution in [0.2, 0.25) is 0 Å². The molecule has 2 N–H and O–H groups in total. The number of oxime groups is 1. The quantitative estimate of drug-likeness (QED) is 0.0688. The summed E-state index contributed by atoms with van der Waals surface area (Å²) in [6.07, 6.45) is -6.07. The molecule has 1 saturated carbocycles. The summed E-state index contributed by atoms with van der Waals surface area (Å²) in [5.74, 6) is -4.73. The van der Waals surface area contributed by atoms with Gasteiger partial charge in [-0.1, -0.05) is 56.3 Å². The number of amidine groups is 1. The summed E-state index contributed by atoms with van der Waals surface area (Å²) in [5.41, 5.74) is -3.16. The summed E-state index contributed by atoms with van der Waals surface area (Å²) in [6, 6.07) is 10.9. The number of amides is 2. The molecule has 0 bridgehead atoms. The third-order valence-corrected chi connectivity index (χ3v) is 8.97. The van der Waals surface area contributed by atoms with Crippen LogP contribution >= 0.6 is 11.3 Å². The van der Waals surface area contributed by atoms with Gasteiger partial charge in [0.1, 0.15) is 6.61 Å². The topological polar surface area (TPSA) is 97.6 Å². The lowest BCUT2D eigenvalue weighted by Gasteiger charge is -2.16. The van der Waals surface area contributed by atoms with E-state index in [0.29, 0.717) is 29.3 Å². The lowest BCUT2D eigenvalue weighted by atomic mass is 9.97. The summed E-state index contributed by atoms with van der Waals surface area (Å²) in [4.78, 5) is 30.6. The number of carbonyl (C=O) groups is 2. The fourth-order valence-electron chi connectivity index (χ4n) is 5.27. The van der Waals surface area contributed by atoms with Gasteiger partial charge in [0.25, 0.3) is 5.91 Å². The molecule has 0 aliphatic heterocycles. The van der Waals surface area contributed by atoms with Crippen LogP contribution in [0.1, 0.15) is 83.6 Å². The average Bonchev–Trinajstić information content (AvgIpc) is 3.61. The standard InChI is InChI=1S/C20H17F5N2O2.C16H20F3N3OS/c21-15-9-8-14(20(23,24)25)17(18(15)22)19(27-29-11-13-6-7-13)26-16(28)10-12-4-2-1-3-5-12;1-9(2)7-10(3)13-12(5-6-24-13)20-15(23)11-8-22(4)21-14(11)16(17,18)19/h1-5,8-9,13H,6-7,10-11H2,(H,26,27,28);5-6,8-10H,7H2,1-4H3,(H,20,23). The summed E-state index contributed by atoms with van der Waals surface area (Å²) < 4.78 is 108. The van der Waals surface area contributed by atoms with Gasteiger partial charge >= 0.3 is 12.4 Å². The Bertz CT molecular complexity index is 1900. The van der Waals surface area contributed by atoms with E-state index in [0.717, 1.165) is 35.0 Å². The van der Waals surface area contributed by atoms with E-state index in [9.17, 15) is 44.7 Å². The van der Waals surface area contributed by atoms with Gasteiger partial charge < -0.3 is 15.5 Å². The SMILES string of the molecule is CC(C)CC(C)c1sccc1NC(=O)c1cn(C)nc1C(F)(F)F.O=C(Cc1ccccc1)N/C(=N\OCC1CC1)c1c(C(F)(F)F)ccc(F)c1F. The Morgan fingerprint density at radius 2 is 1.68 bits per heavy atom. The fraction of sp³-hybridized carbons (Fsp3) is 0.389. The van der Waals surface area contributed by atoms with Crippen LogP contribution in [0.4, 0.5) is 40.8 Å². The predicted molar refractivity (Wildman–Crippen MR) is 183 cm³/mol. The number of nitrogens with one attached hydrogen (secondary N) is 2. The second kappa shape index (κ2) is 17.4. The van der Waals surface area contributed by atoms with E-state index < -0.39 is 64.0 Å². The first-order chi connectivity index (χ1) is 24.8. The number of aryl methyl sites for hydroxylation is 1. The van der Waals surface area contributed by atoms with Gasteiger partial charge in [-0.05, 0) is 66.2 Å². The number of benzene rings is 2. The van der Waals surface area contributed by atoms with Crippen molar-refractivity contribution in [3.8, 4) is 0 Å². The zero-order valence-electron chi connectivity index (χ0n) is 29.0. The summed E-state index contributed by atoms with van der Waals surface area (Å²) in [5, 5.41) is 13.4. The Labute approximate surface area is 304 Å². The minimum Gasteiger partial charge on any atom is -0.394 e. The predicted octanol–water partition coefficient (Wildman–Crippen LogP) is 9.33. The van der Waals surface area contributed by atoms with Crippen LogP contribution < -0.4 is 10.6 Å². The van der Waals surface area contributed by atoms with Gasteiger partial charge in [-0.15, -0.1) is 11.3 Å². The number of hydrogen-bond donors (Lipinski definition) is 2. The molecule has 1 aliphatic carbocycles. The maximum atomic E-state index is 14.4. The molecule has 8 nitrogen and oxygen atoms in total. The molecule has 1 fully saturated rings. The zero-order chi connectivity index (χ0) is 39.1. The van der Waals surface area contributed by atoms with Crippen LogP contribution in [0.25, 0.3) is 0 Å². The maximum absolute atomic E-state index is 14.4. The molecule has 0 saturated heterocycles. The molecule has 0 spiro atoms. The van der Waals surface area contributed by atoms with E-state index in [1.165, 1.54) is 18.4 Å². The molecule has 2 aromatic heterocycles. The van der Waals surface area contributed by atoms with Crippen molar-refractivity contribution in [2.45, 2.75) is 64.7 Å². The Morgan fingerprint density at radius 1 is 1.00 bits per heavy atom. The molecule has 1 aliphatic rings. The molecular weight excluding hydrogens is 734 g/mol. The second-order valence-corrected chi connectivity index (χ2v) is 13.9. The lowest BCUT2D eigenvalue weighted by molar-refractivity contribution is -0.141. The molecule has 1 atom stereocenters. The van der Waals surface area contributed by atoms with Crippen molar-refractivity contribution in [1.82, 2.24) is 15.1 Å². The summed E-state index contributed by atoms with van der Waals surface area (Å²) in [6.45, 7) is 6.37. The van der Waals surface area contributed by atoms with Crippen LogP contribution in [0, 0.1) is 23.5 Å². The van der Waals surface area contributed by atoms with Crippen LogP contribution in [0.15, 0.2) is 65.3 Å². The van der Waals surface area contributed by atoms with E-state index in [-0.39, 0.29) is 24.9 Å². The molecule has 2 aromatic carbocycles. The highest BCUT2D eigenvalue weighted by Gasteiger charge is 2.40. The smallest absolute Gasteiger partial charge is 0.394 e. The molecule has 53 heavy (non-hydrogen) atoms. The van der Waals surface area contributed by atoms with Crippen molar-refractivity contribution >= 4 is 34.7 Å². The number of halogens is 8. The van der Waals surface area contributed by atoms with Gasteiger partial charge in [0, 0.05) is 18.1 Å². The molecule has 5 rings (SSSR count). The minimum absolute atomic E-state index is 0.107. The third-order valence-electron chi connectivity index (χ3n) is 7.82. The van der Waals surface area contributed by atoms with Crippen LogP contribution in [-0.2, 0) is 35.5 Å². The van der Waals surface area contributed by atoms with Gasteiger partial charge in [-0.25, -0.2) is 8.78 Å². The molecular formula is C36H37F8N5O3S. The first-order valence-corrected chi connectivity index (χ1v) is 17.3. The van der Waals surface area contributed by atoms with Gasteiger partial charge in [0.2, 0.25) is 5.91 Å². The van der Waals surface area contributed by atoms with Gasteiger partial charge in [0.05, 0.1) is 28.8 Å². The molecule has 17 heteroatoms. The average molecular weight is 772 g/mol. The number of aromatic nitrogens is 2. The van der Waals surface area contributed by atoms with Crippen molar-refractivity contribution in [1.29, 1.82) is 0 Å². The highest BCUT2D eigenvalue weighted by molar-refractivity contribution is 7.10. The molecule has 2 heterocycles. The highest BCUT2D eigenvalue weighted by Crippen LogP contribution is 2.36. The van der Waals surface area contributed by atoms with Crippen molar-refractivity contribution in [3.63, 3.8) is 0 Å². The molecule has 0 radical (unpaired) electrons. The van der Waals surface area contributed by atoms with Crippen LogP contribution in [-0.4, -0.2) is 34.0 Å². The van der Waals surface area contributed by atoms with E-state index in [1.54, 1.807) is 36.4 Å². The Hall–Kier alpha value is -4.80. The lowest BCUT2D eigenvalue weighted by Crippen LogP contribution is -2.35. The third kappa shape index (κ3) is 11.6. The molecule has 2 amide bonds. The number of thiophene rings is 1. The largest absolute Gasteiger partial charge is 0.435 e. The number of nitrogens with zero attached hydrogens (tertiary/aromatic N) is 3. The summed E-state index contributed by atoms with van der Waals surface area (Å²) in [7, 11) is 1.35. The summed E-state index contributed by atoms with van der Waals surface area (Å²) >= 11 is 1.49. The second-order valence-electron chi connectivity index (χ2n) is 12.9. The van der Waals surface area contributed by atoms with Crippen molar-refractivity contribution < 1.29 is 49.5 Å². The van der Waals surface area contributed by atoms with Gasteiger partial charge in [0.15, 0.2) is 23.2 Å². The number of carbonyl (C=O) groups excluding carboxylic acids is 2. The monoisotopic (exact) mass is 771 g/mol. The number of anilines is 1. The van der Waals surface area contributed by atoms with E-state index in [1.807, 2.05) is 12.3 Å². The maximum Gasteiger partial charge on any atom is 0.435 e. The highest BCUT2D eigenvalue weighted by atomic mass is 32.1. The molecule has 1 unspecified atom stereocenters. The van der Waals surface area contributed by atoms with E-state index in [4.69, 9.17) is 4.84 Å². The van der Waals surface area contributed by atoms with Crippen molar-refractivity contribution in [2.24, 2.45) is 24.0 Å². The van der Waals surface area contributed by atoms with Crippen molar-refractivity contribution in [2.75, 3.05) is 11.9 Å². The van der Waals surface area contributed by atoms with Crippen LogP contribution in [0.5, 0.6) is 0 Å². The first-order valence-electron chi connectivity index (χ1n) is 16.4. The van der Waals surface area contributed by atoms with E-state index in [2.05, 4.69) is 34.7 Å². The normalized spacial score (nSPS) is 14.0. The molecule has 286 valence electrons. The Morgan fingerprint density at radius 3 is 2.28 bits per heavy atom. The minimum atomic E-state index is -4.99. The van der Waals surface area contributed by atoms with Gasteiger partial charge in [-0.2, -0.15) is 31.4 Å². The Kier molecular flexibility index (Phi) is 13.4. The van der Waals surface area contributed by atoms with Gasteiger partial charge in [-0.3, -0.25) is 14.3 Å². The fourth-order valence-corrected chi connectivity index (χ4v) is 6.20. The Balaban J connectivity index is 0.000000241. The number of rotatable bonds is 11. The zero-order valence-corrected chi connectivity index (χ0v) is 29.9. The number of alkyl halides is 6. The molecule has 4 aromatic rings. The number of hydrogen-bond acceptors (Lipinski definition) is 6. The van der Waals surface area contributed by atoms with Crippen LogP contribution in [0.3, 0.4) is 0 Å². The first kappa shape index (κ1) is 41.0. The van der Waals surface area contributed by atoms with Crippen molar-refractivity contribution in [3.05, 3.63) is 105 Å². The van der Waals surface area contributed by atoms with E-state index >= 15 is 0 Å².